The summed E-state index contributed by atoms with van der Waals surface area (Å²) < 4.78 is 20.8. The van der Waals surface area contributed by atoms with Crippen LogP contribution in [0.4, 0.5) is 21.9 Å². The van der Waals surface area contributed by atoms with Crippen molar-refractivity contribution in [2.45, 2.75) is 37.8 Å². The lowest BCUT2D eigenvalue weighted by atomic mass is 10.1. The van der Waals surface area contributed by atoms with Crippen molar-refractivity contribution in [3.05, 3.63) is 101 Å². The number of benzene rings is 3. The first-order chi connectivity index (χ1) is 23.5. The van der Waals surface area contributed by atoms with Gasteiger partial charge >= 0.3 is 12.0 Å². The molecule has 2 unspecified atom stereocenters. The Hall–Kier alpha value is -4.49. The van der Waals surface area contributed by atoms with Crippen LogP contribution >= 0.6 is 23.2 Å². The number of carbonyl (C=O) groups is 2. The van der Waals surface area contributed by atoms with Gasteiger partial charge in [-0.25, -0.2) is 14.6 Å². The monoisotopic (exact) mass is 708 g/mol. The van der Waals surface area contributed by atoms with E-state index < -0.39 is 23.3 Å². The quantitative estimate of drug-likeness (QED) is 0.176. The zero-order valence-electron chi connectivity index (χ0n) is 27.1. The highest BCUT2D eigenvalue weighted by atomic mass is 35.5. The molecule has 2 atom stereocenters. The number of urea groups is 1. The SMILES string of the molecule is CC(C)(NC(=O)Nc1ccc(N2CCN(c3ccc(OCC4COC(Cn5ccnc5)(c5ccc(Cl)cc5Cl)O4)cc3)CC2)cc1)C(=O)O. The van der Waals surface area contributed by atoms with E-state index in [2.05, 4.69) is 37.6 Å². The van der Waals surface area contributed by atoms with E-state index in [1.807, 2.05) is 53.2 Å². The summed E-state index contributed by atoms with van der Waals surface area (Å²) in [6.45, 7) is 7.19. The van der Waals surface area contributed by atoms with Crippen LogP contribution in [0.3, 0.4) is 0 Å². The smallest absolute Gasteiger partial charge is 0.328 e. The van der Waals surface area contributed by atoms with Crippen LogP contribution in [-0.4, -0.2) is 77.7 Å². The van der Waals surface area contributed by atoms with E-state index >= 15 is 0 Å². The number of ether oxygens (including phenoxy) is 3. The van der Waals surface area contributed by atoms with Crippen LogP contribution in [0.1, 0.15) is 19.4 Å². The number of nitrogens with one attached hydrogen (secondary N) is 2. The van der Waals surface area contributed by atoms with Crippen LogP contribution in [0.15, 0.2) is 85.5 Å². The first-order valence-corrected chi connectivity index (χ1v) is 16.6. The summed E-state index contributed by atoms with van der Waals surface area (Å²) in [7, 11) is 0. The topological polar surface area (TPSA) is 130 Å². The van der Waals surface area contributed by atoms with Crippen molar-refractivity contribution in [2.24, 2.45) is 0 Å². The number of carboxylic acids is 1. The summed E-state index contributed by atoms with van der Waals surface area (Å²) in [5, 5.41) is 15.3. The molecule has 2 aliphatic heterocycles. The molecule has 0 saturated carbocycles. The molecule has 12 nitrogen and oxygen atoms in total. The number of amides is 2. The van der Waals surface area contributed by atoms with Crippen molar-refractivity contribution >= 4 is 52.3 Å². The molecule has 6 rings (SSSR count). The number of imidazole rings is 1. The van der Waals surface area contributed by atoms with E-state index in [9.17, 15) is 14.7 Å². The van der Waals surface area contributed by atoms with Gasteiger partial charge in [0.1, 0.15) is 24.0 Å². The third-order valence-corrected chi connectivity index (χ3v) is 9.07. The lowest BCUT2D eigenvalue weighted by Crippen LogP contribution is -2.51. The third-order valence-electron chi connectivity index (χ3n) is 8.52. The Kier molecular flexibility index (Phi) is 10.2. The predicted octanol–water partition coefficient (Wildman–Crippen LogP) is 5.85. The number of carboxylic acid groups (broad SMARTS) is 1. The highest BCUT2D eigenvalue weighted by Crippen LogP contribution is 2.40. The average Bonchev–Trinajstić information content (AvgIpc) is 3.75. The molecule has 3 N–H and O–H groups in total. The molecule has 1 aromatic heterocycles. The molecule has 0 spiro atoms. The second kappa shape index (κ2) is 14.6. The summed E-state index contributed by atoms with van der Waals surface area (Å²) in [5.41, 5.74) is 2.05. The number of aliphatic carboxylic acids is 1. The van der Waals surface area contributed by atoms with Crippen LogP contribution in [0.5, 0.6) is 5.75 Å². The number of piperazine rings is 1. The molecule has 4 aromatic rings. The third kappa shape index (κ3) is 8.22. The Morgan fingerprint density at radius 2 is 1.65 bits per heavy atom. The maximum absolute atomic E-state index is 12.2. The van der Waals surface area contributed by atoms with Gasteiger partial charge in [-0.05, 0) is 74.5 Å². The molecule has 2 aliphatic rings. The van der Waals surface area contributed by atoms with E-state index in [-0.39, 0.29) is 6.10 Å². The molecule has 0 bridgehead atoms. The minimum absolute atomic E-state index is 0.300. The van der Waals surface area contributed by atoms with Gasteiger partial charge < -0.3 is 44.3 Å². The zero-order chi connectivity index (χ0) is 34.6. The summed E-state index contributed by atoms with van der Waals surface area (Å²) in [4.78, 5) is 32.2. The van der Waals surface area contributed by atoms with Crippen LogP contribution in [-0.2, 0) is 26.6 Å². The normalized spacial score (nSPS) is 19.5. The highest BCUT2D eigenvalue weighted by Gasteiger charge is 2.45. The van der Waals surface area contributed by atoms with Gasteiger partial charge in [-0.2, -0.15) is 0 Å². The molecule has 0 radical (unpaired) electrons. The van der Waals surface area contributed by atoms with Gasteiger partial charge in [-0.3, -0.25) is 0 Å². The predicted molar refractivity (Wildman–Crippen MR) is 188 cm³/mol. The molecule has 258 valence electrons. The Morgan fingerprint density at radius 3 is 2.24 bits per heavy atom. The molecule has 3 heterocycles. The fourth-order valence-electron chi connectivity index (χ4n) is 5.80. The van der Waals surface area contributed by atoms with Crippen molar-refractivity contribution in [3.63, 3.8) is 0 Å². The molecule has 2 amide bonds. The van der Waals surface area contributed by atoms with Crippen LogP contribution in [0.2, 0.25) is 10.0 Å². The second-order valence-electron chi connectivity index (χ2n) is 12.5. The van der Waals surface area contributed by atoms with E-state index in [1.165, 1.54) is 13.8 Å². The zero-order valence-corrected chi connectivity index (χ0v) is 28.7. The largest absolute Gasteiger partial charge is 0.491 e. The van der Waals surface area contributed by atoms with Gasteiger partial charge in [0, 0.05) is 66.2 Å². The molecular formula is C35H38Cl2N6O6. The number of carbonyl (C=O) groups excluding carboxylic acids is 1. The highest BCUT2D eigenvalue weighted by molar-refractivity contribution is 6.35. The lowest BCUT2D eigenvalue weighted by molar-refractivity contribution is -0.189. The maximum Gasteiger partial charge on any atom is 0.328 e. The summed E-state index contributed by atoms with van der Waals surface area (Å²) in [6.07, 6.45) is 4.93. The molecular weight excluding hydrogens is 671 g/mol. The van der Waals surface area contributed by atoms with Gasteiger partial charge in [0.2, 0.25) is 5.79 Å². The van der Waals surface area contributed by atoms with Gasteiger partial charge in [0.25, 0.3) is 0 Å². The van der Waals surface area contributed by atoms with E-state index in [1.54, 1.807) is 24.7 Å². The Morgan fingerprint density at radius 1 is 1.00 bits per heavy atom. The average molecular weight is 710 g/mol. The molecule has 49 heavy (non-hydrogen) atoms. The molecule has 14 heteroatoms. The minimum atomic E-state index is -1.37. The second-order valence-corrected chi connectivity index (χ2v) is 13.3. The fraction of sp³-hybridized carbons (Fsp3) is 0.343. The molecule has 2 fully saturated rings. The number of anilines is 3. The standard InChI is InChI=1S/C35H38Cl2N6O6/c1-34(2,32(44)45)40-33(46)39-25-4-6-26(7-5-25)42-15-17-43(18-16-42)27-8-10-28(11-9-27)47-20-29-21-48-35(49-29,22-41-14-13-38-23-41)30-12-3-24(36)19-31(30)37/h3-14,19,23,29H,15-18,20-22H2,1-2H3,(H,44,45)(H2,39,40,46). The van der Waals surface area contributed by atoms with Gasteiger partial charge in [-0.15, -0.1) is 0 Å². The molecule has 0 aliphatic carbocycles. The Balaban J connectivity index is 0.988. The van der Waals surface area contributed by atoms with E-state index in [0.717, 1.165) is 43.3 Å². The number of hydrogen-bond acceptors (Lipinski definition) is 8. The van der Waals surface area contributed by atoms with Gasteiger partial charge in [0.15, 0.2) is 0 Å². The van der Waals surface area contributed by atoms with E-state index in [0.29, 0.717) is 41.1 Å². The molecule has 3 aromatic carbocycles. The van der Waals surface area contributed by atoms with Crippen molar-refractivity contribution in [1.82, 2.24) is 14.9 Å². The van der Waals surface area contributed by atoms with Crippen molar-refractivity contribution in [3.8, 4) is 5.75 Å². The summed E-state index contributed by atoms with van der Waals surface area (Å²) >= 11 is 12.7. The summed E-state index contributed by atoms with van der Waals surface area (Å²) in [5.74, 6) is -1.49. The van der Waals surface area contributed by atoms with Crippen molar-refractivity contribution < 1.29 is 28.9 Å². The van der Waals surface area contributed by atoms with Crippen molar-refractivity contribution in [1.29, 1.82) is 0 Å². The van der Waals surface area contributed by atoms with Crippen molar-refractivity contribution in [2.75, 3.05) is 54.5 Å². The first kappa shape index (κ1) is 34.4. The van der Waals surface area contributed by atoms with Crippen LogP contribution < -0.4 is 25.2 Å². The van der Waals surface area contributed by atoms with E-state index in [4.69, 9.17) is 37.4 Å². The minimum Gasteiger partial charge on any atom is -0.491 e. The fourth-order valence-corrected chi connectivity index (χ4v) is 6.35. The first-order valence-electron chi connectivity index (χ1n) is 15.9. The summed E-state index contributed by atoms with van der Waals surface area (Å²) in [6, 6.07) is 20.3. The number of rotatable bonds is 11. The van der Waals surface area contributed by atoms with Gasteiger partial charge in [-0.1, -0.05) is 29.3 Å². The number of nitrogens with zero attached hydrogens (tertiary/aromatic N) is 4. The number of hydrogen-bond donors (Lipinski definition) is 3. The number of aromatic nitrogens is 2. The Labute approximate surface area is 294 Å². The van der Waals surface area contributed by atoms with Crippen LogP contribution in [0.25, 0.3) is 0 Å². The number of halogens is 2. The van der Waals surface area contributed by atoms with Crippen LogP contribution in [0, 0.1) is 0 Å². The van der Waals surface area contributed by atoms with Gasteiger partial charge in [0.05, 0.1) is 24.5 Å². The lowest BCUT2D eigenvalue weighted by Gasteiger charge is -2.37. The Bertz CT molecular complexity index is 1750. The maximum atomic E-state index is 12.2. The molecule has 2 saturated heterocycles.